The highest BCUT2D eigenvalue weighted by Gasteiger charge is 2.42. The molecule has 1 aliphatic heterocycles. The predicted molar refractivity (Wildman–Crippen MR) is 55.4 cm³/mol. The molecule has 2 heterocycles. The van der Waals surface area contributed by atoms with Gasteiger partial charge in [-0.05, 0) is 18.6 Å². The molecule has 0 bridgehead atoms. The summed E-state index contributed by atoms with van der Waals surface area (Å²) in [6.07, 6.45) is 2.28. The Labute approximate surface area is 88.6 Å². The average Bonchev–Trinajstić information content (AvgIpc) is 2.25. The second-order valence-electron chi connectivity index (χ2n) is 3.95. The first-order valence-corrected chi connectivity index (χ1v) is 5.07. The SMILES string of the molecule is CCC1(O)CN(C(=O)c2ccccn2)C1. The van der Waals surface area contributed by atoms with Crippen LogP contribution < -0.4 is 0 Å². The van der Waals surface area contributed by atoms with Gasteiger partial charge in [-0.15, -0.1) is 0 Å². The van der Waals surface area contributed by atoms with E-state index < -0.39 is 5.60 Å². The lowest BCUT2D eigenvalue weighted by atomic mass is 9.91. The highest BCUT2D eigenvalue weighted by Crippen LogP contribution is 2.25. The van der Waals surface area contributed by atoms with Gasteiger partial charge in [-0.2, -0.15) is 0 Å². The molecule has 1 N–H and O–H groups in total. The number of aromatic nitrogens is 1. The van der Waals surface area contributed by atoms with Crippen LogP contribution in [0.4, 0.5) is 0 Å². The molecule has 0 saturated carbocycles. The van der Waals surface area contributed by atoms with E-state index in [4.69, 9.17) is 0 Å². The summed E-state index contributed by atoms with van der Waals surface area (Å²) in [4.78, 5) is 17.4. The van der Waals surface area contributed by atoms with Crippen molar-refractivity contribution in [3.05, 3.63) is 30.1 Å². The molecule has 2 rings (SSSR count). The molecule has 0 aromatic carbocycles. The molecule has 0 atom stereocenters. The van der Waals surface area contributed by atoms with Crippen molar-refractivity contribution < 1.29 is 9.90 Å². The van der Waals surface area contributed by atoms with Crippen molar-refractivity contribution in [1.82, 2.24) is 9.88 Å². The molecule has 0 spiro atoms. The van der Waals surface area contributed by atoms with Crippen molar-refractivity contribution in [2.75, 3.05) is 13.1 Å². The largest absolute Gasteiger partial charge is 0.386 e. The molecule has 15 heavy (non-hydrogen) atoms. The van der Waals surface area contributed by atoms with Gasteiger partial charge in [0.2, 0.25) is 0 Å². The van der Waals surface area contributed by atoms with E-state index in [9.17, 15) is 9.90 Å². The minimum Gasteiger partial charge on any atom is -0.386 e. The molecule has 1 saturated heterocycles. The van der Waals surface area contributed by atoms with Crippen LogP contribution in [0.5, 0.6) is 0 Å². The van der Waals surface area contributed by atoms with Crippen molar-refractivity contribution in [2.45, 2.75) is 18.9 Å². The van der Waals surface area contributed by atoms with Crippen molar-refractivity contribution in [2.24, 2.45) is 0 Å². The Morgan fingerprint density at radius 2 is 2.33 bits per heavy atom. The number of rotatable bonds is 2. The first kappa shape index (κ1) is 10.1. The third-order valence-corrected chi connectivity index (χ3v) is 2.80. The summed E-state index contributed by atoms with van der Waals surface area (Å²) in [7, 11) is 0. The van der Waals surface area contributed by atoms with E-state index in [0.717, 1.165) is 0 Å². The summed E-state index contributed by atoms with van der Waals surface area (Å²) in [6.45, 7) is 2.75. The van der Waals surface area contributed by atoms with Crippen LogP contribution >= 0.6 is 0 Å². The second kappa shape index (κ2) is 3.62. The molecule has 1 aliphatic rings. The molecular formula is C11H14N2O2. The lowest BCUT2D eigenvalue weighted by Gasteiger charge is -2.45. The summed E-state index contributed by atoms with van der Waals surface area (Å²) in [5.41, 5.74) is -0.236. The van der Waals surface area contributed by atoms with Gasteiger partial charge in [0.1, 0.15) is 5.69 Å². The third-order valence-electron chi connectivity index (χ3n) is 2.80. The Morgan fingerprint density at radius 1 is 1.60 bits per heavy atom. The van der Waals surface area contributed by atoms with Crippen LogP contribution in [0.1, 0.15) is 23.8 Å². The maximum atomic E-state index is 11.8. The van der Waals surface area contributed by atoms with Crippen molar-refractivity contribution in [1.29, 1.82) is 0 Å². The number of hydrogen-bond donors (Lipinski definition) is 1. The summed E-state index contributed by atoms with van der Waals surface area (Å²) in [5.74, 6) is -0.103. The fraction of sp³-hybridized carbons (Fsp3) is 0.455. The van der Waals surface area contributed by atoms with Gasteiger partial charge in [0.25, 0.3) is 5.91 Å². The molecule has 4 nitrogen and oxygen atoms in total. The van der Waals surface area contributed by atoms with Crippen LogP contribution in [-0.4, -0.2) is 39.6 Å². The normalized spacial score (nSPS) is 18.4. The number of hydrogen-bond acceptors (Lipinski definition) is 3. The molecule has 1 aromatic rings. The van der Waals surface area contributed by atoms with Crippen LogP contribution in [0.2, 0.25) is 0 Å². The Hall–Kier alpha value is -1.42. The van der Waals surface area contributed by atoms with Gasteiger partial charge in [0.15, 0.2) is 0 Å². The monoisotopic (exact) mass is 206 g/mol. The third kappa shape index (κ3) is 1.85. The molecule has 1 amide bonds. The maximum absolute atomic E-state index is 11.8. The fourth-order valence-corrected chi connectivity index (χ4v) is 1.68. The van der Waals surface area contributed by atoms with E-state index in [1.54, 1.807) is 29.3 Å². The summed E-state index contributed by atoms with van der Waals surface area (Å²) in [6, 6.07) is 5.24. The van der Waals surface area contributed by atoms with Crippen LogP contribution in [-0.2, 0) is 0 Å². The molecule has 80 valence electrons. The zero-order valence-electron chi connectivity index (χ0n) is 8.68. The number of aliphatic hydroxyl groups is 1. The first-order chi connectivity index (χ1) is 7.14. The minimum atomic E-state index is -0.676. The molecule has 1 fully saturated rings. The van der Waals surface area contributed by atoms with Crippen LogP contribution in [0.15, 0.2) is 24.4 Å². The average molecular weight is 206 g/mol. The molecule has 1 aromatic heterocycles. The Bertz CT molecular complexity index is 358. The van der Waals surface area contributed by atoms with Gasteiger partial charge in [-0.1, -0.05) is 13.0 Å². The van der Waals surface area contributed by atoms with Crippen molar-refractivity contribution in [3.63, 3.8) is 0 Å². The Morgan fingerprint density at radius 3 is 2.87 bits per heavy atom. The maximum Gasteiger partial charge on any atom is 0.272 e. The van der Waals surface area contributed by atoms with Gasteiger partial charge in [-0.3, -0.25) is 9.78 Å². The van der Waals surface area contributed by atoms with E-state index >= 15 is 0 Å². The Kier molecular flexibility index (Phi) is 2.44. The number of amides is 1. The standard InChI is InChI=1S/C11H14N2O2/c1-2-11(15)7-13(8-11)10(14)9-5-3-4-6-12-9/h3-6,15H,2,7-8H2,1H3. The van der Waals surface area contributed by atoms with Crippen LogP contribution in [0.3, 0.4) is 0 Å². The van der Waals surface area contributed by atoms with E-state index in [1.807, 2.05) is 6.92 Å². The smallest absolute Gasteiger partial charge is 0.272 e. The molecule has 0 aliphatic carbocycles. The van der Waals surface area contributed by atoms with E-state index in [2.05, 4.69) is 4.98 Å². The Balaban J connectivity index is 2.01. The topological polar surface area (TPSA) is 53.4 Å². The summed E-state index contributed by atoms with van der Waals surface area (Å²) >= 11 is 0. The molecule has 0 unspecified atom stereocenters. The van der Waals surface area contributed by atoms with Crippen LogP contribution in [0.25, 0.3) is 0 Å². The van der Waals surface area contributed by atoms with Gasteiger partial charge >= 0.3 is 0 Å². The van der Waals surface area contributed by atoms with E-state index in [-0.39, 0.29) is 5.91 Å². The summed E-state index contributed by atoms with van der Waals surface area (Å²) in [5, 5.41) is 9.77. The number of nitrogens with zero attached hydrogens (tertiary/aromatic N) is 2. The minimum absolute atomic E-state index is 0.103. The zero-order valence-corrected chi connectivity index (χ0v) is 8.68. The number of carbonyl (C=O) groups excluding carboxylic acids is 1. The number of β-amino-alcohol motifs (C(OH)–C–C–N with tert-alkyl or cyclic N) is 1. The van der Waals surface area contributed by atoms with E-state index in [1.165, 1.54) is 0 Å². The lowest BCUT2D eigenvalue weighted by Crippen LogP contribution is -2.63. The highest BCUT2D eigenvalue weighted by atomic mass is 16.3. The van der Waals surface area contributed by atoms with E-state index in [0.29, 0.717) is 25.2 Å². The molecular weight excluding hydrogens is 192 g/mol. The first-order valence-electron chi connectivity index (χ1n) is 5.07. The van der Waals surface area contributed by atoms with Crippen molar-refractivity contribution >= 4 is 5.91 Å². The van der Waals surface area contributed by atoms with Gasteiger partial charge in [0.05, 0.1) is 18.7 Å². The fourth-order valence-electron chi connectivity index (χ4n) is 1.68. The number of carbonyl (C=O) groups is 1. The quantitative estimate of drug-likeness (QED) is 0.774. The summed E-state index contributed by atoms with van der Waals surface area (Å²) < 4.78 is 0. The van der Waals surface area contributed by atoms with Gasteiger partial charge in [0, 0.05) is 6.20 Å². The second-order valence-corrected chi connectivity index (χ2v) is 3.95. The van der Waals surface area contributed by atoms with Gasteiger partial charge in [-0.25, -0.2) is 0 Å². The molecule has 0 radical (unpaired) electrons. The van der Waals surface area contributed by atoms with Crippen molar-refractivity contribution in [3.8, 4) is 0 Å². The van der Waals surface area contributed by atoms with Crippen LogP contribution in [0, 0.1) is 0 Å². The zero-order chi connectivity index (χ0) is 10.9. The number of likely N-dealkylation sites (tertiary alicyclic amines) is 1. The van der Waals surface area contributed by atoms with Gasteiger partial charge < -0.3 is 10.0 Å². The predicted octanol–water partition coefficient (Wildman–Crippen LogP) is 0.679. The highest BCUT2D eigenvalue weighted by molar-refractivity contribution is 5.93. The lowest BCUT2D eigenvalue weighted by molar-refractivity contribution is -0.0828. The number of pyridine rings is 1. The molecule has 4 heteroatoms.